The maximum absolute atomic E-state index is 10.3. The van der Waals surface area contributed by atoms with Gasteiger partial charge in [0.1, 0.15) is 0 Å². The van der Waals surface area contributed by atoms with Crippen LogP contribution in [-0.2, 0) is 19.2 Å². The molecule has 0 atom stereocenters. The van der Waals surface area contributed by atoms with Crippen LogP contribution in [0.3, 0.4) is 0 Å². The molecule has 2 fully saturated rings. The number of hydrogen-bond acceptors (Lipinski definition) is 8. The van der Waals surface area contributed by atoms with E-state index in [1.54, 1.807) is 0 Å². The van der Waals surface area contributed by atoms with Crippen LogP contribution in [0.5, 0.6) is 17.2 Å². The Morgan fingerprint density at radius 1 is 0.731 bits per heavy atom. The van der Waals surface area contributed by atoms with Crippen molar-refractivity contribution in [3.05, 3.63) is 17.7 Å². The average molecular weight is 368 g/mol. The Hall–Kier alpha value is -3.63. The van der Waals surface area contributed by atoms with Gasteiger partial charge in [0.15, 0.2) is 17.2 Å². The van der Waals surface area contributed by atoms with E-state index in [9.17, 15) is 24.0 Å². The first-order valence-corrected chi connectivity index (χ1v) is 7.23. The first kappa shape index (κ1) is 20.4. The number of rotatable bonds is 1. The fourth-order valence-electron chi connectivity index (χ4n) is 1.74. The zero-order chi connectivity index (χ0) is 19.9. The second-order valence-electron chi connectivity index (χ2n) is 5.11. The molecule has 11 nitrogen and oxygen atoms in total. The zero-order valence-corrected chi connectivity index (χ0v) is 13.3. The first-order valence-electron chi connectivity index (χ1n) is 7.23. The second kappa shape index (κ2) is 9.01. The van der Waals surface area contributed by atoms with E-state index in [0.717, 1.165) is 12.1 Å². The van der Waals surface area contributed by atoms with Crippen molar-refractivity contribution in [3.8, 4) is 17.2 Å². The summed E-state index contributed by atoms with van der Waals surface area (Å²) in [6, 6.07) is 1.69. The highest BCUT2D eigenvalue weighted by atomic mass is 16.4. The van der Waals surface area contributed by atoms with E-state index in [2.05, 4.69) is 10.6 Å². The number of carbonyl (C=O) groups excluding carboxylic acids is 4. The highest BCUT2D eigenvalue weighted by molar-refractivity contribution is 6.02. The summed E-state index contributed by atoms with van der Waals surface area (Å²) in [6.45, 7) is 0. The van der Waals surface area contributed by atoms with Gasteiger partial charge in [-0.3, -0.25) is 29.8 Å². The van der Waals surface area contributed by atoms with Gasteiger partial charge in [-0.2, -0.15) is 0 Å². The van der Waals surface area contributed by atoms with E-state index < -0.39 is 23.2 Å². The third-order valence-electron chi connectivity index (χ3n) is 3.03. The van der Waals surface area contributed by atoms with E-state index in [1.807, 2.05) is 0 Å². The molecule has 0 radical (unpaired) electrons. The van der Waals surface area contributed by atoms with E-state index in [0.29, 0.717) is 25.7 Å². The topological polar surface area (TPSA) is 190 Å². The van der Waals surface area contributed by atoms with Gasteiger partial charge in [-0.15, -0.1) is 0 Å². The SMILES string of the molecule is O=C(O)c1cc(O)c(O)c(O)c1.O=C1CCC(=O)N1.O=C1CCC(=O)N1. The van der Waals surface area contributed by atoms with Gasteiger partial charge in [-0.05, 0) is 12.1 Å². The molecule has 140 valence electrons. The van der Waals surface area contributed by atoms with Crippen LogP contribution in [-0.4, -0.2) is 50.0 Å². The van der Waals surface area contributed by atoms with Crippen LogP contribution in [0.2, 0.25) is 0 Å². The molecule has 1 aromatic rings. The molecule has 2 heterocycles. The minimum Gasteiger partial charge on any atom is -0.504 e. The number of carboxylic acids is 1. The van der Waals surface area contributed by atoms with Crippen molar-refractivity contribution in [1.82, 2.24) is 10.6 Å². The Balaban J connectivity index is 0.000000207. The Morgan fingerprint density at radius 3 is 1.23 bits per heavy atom. The van der Waals surface area contributed by atoms with Crippen LogP contribution < -0.4 is 10.6 Å². The van der Waals surface area contributed by atoms with Crippen molar-refractivity contribution in [3.63, 3.8) is 0 Å². The monoisotopic (exact) mass is 368 g/mol. The van der Waals surface area contributed by atoms with Gasteiger partial charge < -0.3 is 20.4 Å². The Bertz CT molecular complexity index is 676. The highest BCUT2D eigenvalue weighted by Gasteiger charge is 2.16. The zero-order valence-electron chi connectivity index (χ0n) is 13.3. The third-order valence-corrected chi connectivity index (χ3v) is 3.03. The molecule has 0 spiro atoms. The van der Waals surface area contributed by atoms with Crippen molar-refractivity contribution < 1.29 is 44.4 Å². The fraction of sp³-hybridized carbons (Fsp3) is 0.267. The summed E-state index contributed by atoms with van der Waals surface area (Å²) in [5.41, 5.74) is -0.289. The van der Waals surface area contributed by atoms with Gasteiger partial charge in [0.2, 0.25) is 23.6 Å². The van der Waals surface area contributed by atoms with Crippen LogP contribution >= 0.6 is 0 Å². The molecule has 6 N–H and O–H groups in total. The van der Waals surface area contributed by atoms with Gasteiger partial charge in [-0.1, -0.05) is 0 Å². The molecule has 3 rings (SSSR count). The molecule has 11 heteroatoms. The van der Waals surface area contributed by atoms with E-state index in [4.69, 9.17) is 20.4 Å². The summed E-state index contributed by atoms with van der Waals surface area (Å²) in [4.78, 5) is 50.8. The number of benzene rings is 1. The summed E-state index contributed by atoms with van der Waals surface area (Å²) in [5.74, 6) is -3.93. The lowest BCUT2D eigenvalue weighted by Gasteiger charge is -2.01. The van der Waals surface area contributed by atoms with Gasteiger partial charge >= 0.3 is 5.97 Å². The summed E-state index contributed by atoms with van der Waals surface area (Å²) in [6.07, 6.45) is 1.50. The number of carbonyl (C=O) groups is 5. The van der Waals surface area contributed by atoms with Gasteiger partial charge in [0.05, 0.1) is 5.56 Å². The number of phenolic OH excluding ortho intramolecular Hbond substituents is 3. The van der Waals surface area contributed by atoms with E-state index in [1.165, 1.54) is 0 Å². The minimum atomic E-state index is -1.29. The van der Waals surface area contributed by atoms with Crippen LogP contribution in [0.15, 0.2) is 12.1 Å². The number of phenols is 3. The summed E-state index contributed by atoms with van der Waals surface area (Å²) in [7, 11) is 0. The molecular weight excluding hydrogens is 352 g/mol. The predicted octanol–water partition coefficient (Wildman–Crippen LogP) is -0.652. The molecule has 4 amide bonds. The maximum atomic E-state index is 10.3. The average Bonchev–Trinajstić information content (AvgIpc) is 3.12. The van der Waals surface area contributed by atoms with Crippen LogP contribution in [0.1, 0.15) is 36.0 Å². The first-order chi connectivity index (χ1) is 12.1. The molecule has 0 bridgehead atoms. The normalized spacial score (nSPS) is 15.2. The number of imide groups is 2. The molecular formula is C15H16N2O9. The molecule has 0 unspecified atom stereocenters. The number of aromatic hydroxyl groups is 3. The Kier molecular flexibility index (Phi) is 7.08. The largest absolute Gasteiger partial charge is 0.504 e. The lowest BCUT2D eigenvalue weighted by molar-refractivity contribution is -0.126. The molecule has 2 saturated heterocycles. The van der Waals surface area contributed by atoms with Crippen molar-refractivity contribution in [2.45, 2.75) is 25.7 Å². The fourth-order valence-corrected chi connectivity index (χ4v) is 1.74. The summed E-state index contributed by atoms with van der Waals surface area (Å²) >= 11 is 0. The van der Waals surface area contributed by atoms with Crippen molar-refractivity contribution >= 4 is 29.6 Å². The van der Waals surface area contributed by atoms with Crippen molar-refractivity contribution in [2.75, 3.05) is 0 Å². The quantitative estimate of drug-likeness (QED) is 0.276. The lowest BCUT2D eigenvalue weighted by atomic mass is 10.2. The smallest absolute Gasteiger partial charge is 0.335 e. The Labute approximate surface area is 146 Å². The van der Waals surface area contributed by atoms with Gasteiger partial charge in [0, 0.05) is 25.7 Å². The molecule has 26 heavy (non-hydrogen) atoms. The van der Waals surface area contributed by atoms with Crippen LogP contribution in [0, 0.1) is 0 Å². The molecule has 2 aliphatic rings. The van der Waals surface area contributed by atoms with Gasteiger partial charge in [-0.25, -0.2) is 4.79 Å². The van der Waals surface area contributed by atoms with Gasteiger partial charge in [0.25, 0.3) is 0 Å². The number of hydrogen-bond donors (Lipinski definition) is 6. The summed E-state index contributed by atoms with van der Waals surface area (Å²) < 4.78 is 0. The standard InChI is InChI=1S/C7H6O5.2C4H5NO2/c8-4-1-3(7(11)12)2-5(9)6(4)10;2*6-3-1-2-4(7)5-3/h1-2,8-10H,(H,11,12);2*1-2H2,(H,5,6,7). The number of nitrogens with one attached hydrogen (secondary N) is 2. The molecule has 0 aliphatic carbocycles. The highest BCUT2D eigenvalue weighted by Crippen LogP contribution is 2.35. The lowest BCUT2D eigenvalue weighted by Crippen LogP contribution is -2.18. The van der Waals surface area contributed by atoms with Crippen LogP contribution in [0.4, 0.5) is 0 Å². The van der Waals surface area contributed by atoms with Crippen molar-refractivity contribution in [2.24, 2.45) is 0 Å². The maximum Gasteiger partial charge on any atom is 0.335 e. The Morgan fingerprint density at radius 2 is 1.04 bits per heavy atom. The van der Waals surface area contributed by atoms with Crippen molar-refractivity contribution in [1.29, 1.82) is 0 Å². The minimum absolute atomic E-state index is 0.148. The van der Waals surface area contributed by atoms with E-state index >= 15 is 0 Å². The molecule has 0 aromatic heterocycles. The predicted molar refractivity (Wildman–Crippen MR) is 83.2 cm³/mol. The van der Waals surface area contributed by atoms with Crippen LogP contribution in [0.25, 0.3) is 0 Å². The molecule has 1 aromatic carbocycles. The molecule has 0 saturated carbocycles. The number of carboxylic acid groups (broad SMARTS) is 1. The third kappa shape index (κ3) is 6.47. The second-order valence-corrected chi connectivity index (χ2v) is 5.11. The summed E-state index contributed by atoms with van der Waals surface area (Å²) in [5, 5.41) is 39.2. The molecule has 2 aliphatic heterocycles. The van der Waals surface area contributed by atoms with E-state index in [-0.39, 0.29) is 29.2 Å². The number of amides is 4. The number of aromatic carboxylic acids is 1.